The van der Waals surface area contributed by atoms with Crippen molar-refractivity contribution in [2.24, 2.45) is 11.8 Å². The van der Waals surface area contributed by atoms with E-state index in [1.54, 1.807) is 0 Å². The van der Waals surface area contributed by atoms with Crippen molar-refractivity contribution in [3.05, 3.63) is 0 Å². The van der Waals surface area contributed by atoms with E-state index in [2.05, 4.69) is 17.1 Å². The lowest BCUT2D eigenvalue weighted by atomic mass is 9.93. The monoisotopic (exact) mass is 284 g/mol. The van der Waals surface area contributed by atoms with Gasteiger partial charge in [0.1, 0.15) is 6.04 Å². The normalized spacial score (nSPS) is 20.4. The summed E-state index contributed by atoms with van der Waals surface area (Å²) in [5.41, 5.74) is 0. The molecule has 0 spiro atoms. The van der Waals surface area contributed by atoms with Gasteiger partial charge in [-0.2, -0.15) is 0 Å². The molecule has 1 aliphatic heterocycles. The van der Waals surface area contributed by atoms with E-state index in [-0.39, 0.29) is 17.7 Å². The molecule has 1 amide bonds. The average Bonchev–Trinajstić information content (AvgIpc) is 2.44. The minimum absolute atomic E-state index is 0.0333. The molecule has 2 atom stereocenters. The second kappa shape index (κ2) is 8.25. The lowest BCUT2D eigenvalue weighted by Gasteiger charge is -2.32. The van der Waals surface area contributed by atoms with Crippen LogP contribution in [0.5, 0.6) is 0 Å². The van der Waals surface area contributed by atoms with E-state index in [4.69, 9.17) is 0 Å². The molecule has 0 aromatic carbocycles. The van der Waals surface area contributed by atoms with Crippen LogP contribution in [-0.4, -0.2) is 47.6 Å². The van der Waals surface area contributed by atoms with Gasteiger partial charge in [0.2, 0.25) is 5.91 Å². The van der Waals surface area contributed by atoms with Gasteiger partial charge in [-0.15, -0.1) is 0 Å². The molecule has 20 heavy (non-hydrogen) atoms. The van der Waals surface area contributed by atoms with Crippen LogP contribution < -0.4 is 5.32 Å². The van der Waals surface area contributed by atoms with Gasteiger partial charge in [-0.25, -0.2) is 4.79 Å². The number of carbonyl (C=O) groups is 2. The molecule has 1 aliphatic rings. The molecule has 0 aromatic rings. The number of piperidine rings is 1. The van der Waals surface area contributed by atoms with E-state index in [9.17, 15) is 14.7 Å². The predicted molar refractivity (Wildman–Crippen MR) is 78.5 cm³/mol. The van der Waals surface area contributed by atoms with Gasteiger partial charge in [-0.05, 0) is 44.8 Å². The Morgan fingerprint density at radius 3 is 2.35 bits per heavy atom. The topological polar surface area (TPSA) is 69.6 Å². The fraction of sp³-hybridized carbons (Fsp3) is 0.867. The summed E-state index contributed by atoms with van der Waals surface area (Å²) in [6.07, 6.45) is 3.54. The second-order valence-corrected chi connectivity index (χ2v) is 5.83. The number of aliphatic carboxylic acids is 1. The maximum absolute atomic E-state index is 12.2. The van der Waals surface area contributed by atoms with E-state index in [1.165, 1.54) is 0 Å². The van der Waals surface area contributed by atoms with E-state index in [0.717, 1.165) is 45.3 Å². The summed E-state index contributed by atoms with van der Waals surface area (Å²) >= 11 is 0. The third kappa shape index (κ3) is 4.78. The molecule has 5 heteroatoms. The Balaban J connectivity index is 2.48. The minimum atomic E-state index is -0.934. The molecule has 1 saturated heterocycles. The number of nitrogens with one attached hydrogen (secondary N) is 1. The number of carbonyl (C=O) groups excluding carboxylic acids is 1. The molecule has 0 aromatic heterocycles. The van der Waals surface area contributed by atoms with Gasteiger partial charge in [0.25, 0.3) is 0 Å². The molecule has 116 valence electrons. The van der Waals surface area contributed by atoms with E-state index < -0.39 is 12.0 Å². The highest BCUT2D eigenvalue weighted by molar-refractivity contribution is 5.85. The summed E-state index contributed by atoms with van der Waals surface area (Å²) in [4.78, 5) is 25.8. The van der Waals surface area contributed by atoms with E-state index in [0.29, 0.717) is 0 Å². The third-order valence-corrected chi connectivity index (χ3v) is 4.28. The maximum atomic E-state index is 12.2. The Hall–Kier alpha value is -1.10. The molecule has 0 bridgehead atoms. The fourth-order valence-electron chi connectivity index (χ4n) is 2.69. The van der Waals surface area contributed by atoms with Crippen molar-refractivity contribution in [1.82, 2.24) is 10.2 Å². The first-order valence-corrected chi connectivity index (χ1v) is 7.75. The third-order valence-electron chi connectivity index (χ3n) is 4.28. The van der Waals surface area contributed by atoms with Gasteiger partial charge < -0.3 is 15.3 Å². The van der Waals surface area contributed by atoms with E-state index >= 15 is 0 Å². The highest BCUT2D eigenvalue weighted by Crippen LogP contribution is 2.18. The first kappa shape index (κ1) is 17.0. The zero-order valence-electron chi connectivity index (χ0n) is 12.9. The molecule has 0 unspecified atom stereocenters. The van der Waals surface area contributed by atoms with Gasteiger partial charge in [-0.1, -0.05) is 27.2 Å². The molecule has 0 aliphatic carbocycles. The molecule has 1 heterocycles. The maximum Gasteiger partial charge on any atom is 0.326 e. The number of amides is 1. The summed E-state index contributed by atoms with van der Waals surface area (Å²) in [7, 11) is 0. The van der Waals surface area contributed by atoms with Crippen molar-refractivity contribution in [1.29, 1.82) is 0 Å². The van der Waals surface area contributed by atoms with Gasteiger partial charge in [0.05, 0.1) is 0 Å². The Bertz CT molecular complexity index is 325. The van der Waals surface area contributed by atoms with Crippen LogP contribution in [0.15, 0.2) is 0 Å². The Morgan fingerprint density at radius 2 is 1.90 bits per heavy atom. The van der Waals surface area contributed by atoms with Gasteiger partial charge in [-0.3, -0.25) is 4.79 Å². The van der Waals surface area contributed by atoms with Crippen molar-refractivity contribution in [2.45, 2.75) is 52.5 Å². The molecule has 0 saturated carbocycles. The molecule has 0 radical (unpaired) electrons. The summed E-state index contributed by atoms with van der Waals surface area (Å²) in [6, 6.07) is -0.763. The summed E-state index contributed by atoms with van der Waals surface area (Å²) in [5.74, 6) is -1.10. The molecular formula is C15H28N2O3. The Kier molecular flexibility index (Phi) is 6.99. The van der Waals surface area contributed by atoms with Crippen molar-refractivity contribution in [3.63, 3.8) is 0 Å². The van der Waals surface area contributed by atoms with Crippen molar-refractivity contribution < 1.29 is 14.7 Å². The van der Waals surface area contributed by atoms with Crippen LogP contribution in [0.3, 0.4) is 0 Å². The quantitative estimate of drug-likeness (QED) is 0.747. The highest BCUT2D eigenvalue weighted by atomic mass is 16.4. The molecular weight excluding hydrogens is 256 g/mol. The Morgan fingerprint density at radius 1 is 1.30 bits per heavy atom. The van der Waals surface area contributed by atoms with Crippen molar-refractivity contribution in [2.75, 3.05) is 19.6 Å². The summed E-state index contributed by atoms with van der Waals surface area (Å²) < 4.78 is 0. The van der Waals surface area contributed by atoms with Gasteiger partial charge in [0, 0.05) is 5.92 Å². The second-order valence-electron chi connectivity index (χ2n) is 5.83. The number of carboxylic acid groups (broad SMARTS) is 1. The number of hydrogen-bond donors (Lipinski definition) is 2. The number of likely N-dealkylation sites (tertiary alicyclic amines) is 1. The first-order valence-electron chi connectivity index (χ1n) is 7.75. The average molecular weight is 284 g/mol. The smallest absolute Gasteiger partial charge is 0.326 e. The van der Waals surface area contributed by atoms with Crippen LogP contribution in [0.2, 0.25) is 0 Å². The van der Waals surface area contributed by atoms with Crippen molar-refractivity contribution >= 4 is 11.9 Å². The van der Waals surface area contributed by atoms with Crippen LogP contribution in [0.1, 0.15) is 46.5 Å². The van der Waals surface area contributed by atoms with E-state index in [1.807, 2.05) is 13.8 Å². The summed E-state index contributed by atoms with van der Waals surface area (Å²) in [6.45, 7) is 8.92. The van der Waals surface area contributed by atoms with Crippen LogP contribution in [-0.2, 0) is 9.59 Å². The van der Waals surface area contributed by atoms with Crippen LogP contribution in [0, 0.1) is 11.8 Å². The van der Waals surface area contributed by atoms with Crippen LogP contribution in [0.25, 0.3) is 0 Å². The largest absolute Gasteiger partial charge is 0.480 e. The van der Waals surface area contributed by atoms with Crippen LogP contribution >= 0.6 is 0 Å². The van der Waals surface area contributed by atoms with Crippen molar-refractivity contribution in [3.8, 4) is 0 Å². The molecule has 1 fully saturated rings. The molecule has 5 nitrogen and oxygen atoms in total. The fourth-order valence-corrected chi connectivity index (χ4v) is 2.69. The lowest BCUT2D eigenvalue weighted by Crippen LogP contribution is -2.49. The van der Waals surface area contributed by atoms with Gasteiger partial charge >= 0.3 is 5.97 Å². The highest BCUT2D eigenvalue weighted by Gasteiger charge is 2.30. The van der Waals surface area contributed by atoms with Gasteiger partial charge in [0.15, 0.2) is 0 Å². The summed E-state index contributed by atoms with van der Waals surface area (Å²) in [5, 5.41) is 11.9. The molecule has 2 N–H and O–H groups in total. The zero-order valence-corrected chi connectivity index (χ0v) is 12.9. The first-order chi connectivity index (χ1) is 9.49. The number of carboxylic acids is 1. The Labute approximate surface area is 121 Å². The number of rotatable bonds is 7. The molecule has 1 rings (SSSR count). The minimum Gasteiger partial charge on any atom is -0.480 e. The zero-order chi connectivity index (χ0) is 15.1. The SMILES string of the molecule is CCCN1CCC(C(=O)N[C@H](C(=O)O)[C@@H](C)CC)CC1. The number of nitrogens with zero attached hydrogens (tertiary/aromatic N) is 1. The predicted octanol–water partition coefficient (Wildman–Crippen LogP) is 1.72. The number of hydrogen-bond acceptors (Lipinski definition) is 3. The van der Waals surface area contributed by atoms with Crippen LogP contribution in [0.4, 0.5) is 0 Å². The standard InChI is InChI=1S/C15H28N2O3/c1-4-8-17-9-6-12(7-10-17)14(18)16-13(15(19)20)11(3)5-2/h11-13H,4-10H2,1-3H3,(H,16,18)(H,19,20)/t11-,13-/m0/s1. The lowest BCUT2D eigenvalue weighted by molar-refractivity contribution is -0.144.